The third-order valence-electron chi connectivity index (χ3n) is 5.01. The van der Waals surface area contributed by atoms with Crippen molar-refractivity contribution < 1.29 is 19.1 Å². The van der Waals surface area contributed by atoms with Crippen molar-refractivity contribution in [1.29, 1.82) is 0 Å². The van der Waals surface area contributed by atoms with E-state index in [1.165, 1.54) is 11.0 Å². The Hall–Kier alpha value is -1.95. The number of para-hydroxylation sites is 1. The molecule has 2 unspecified atom stereocenters. The number of halogens is 1. The molecule has 2 fully saturated rings. The molecule has 2 saturated heterocycles. The molecule has 6 heteroatoms. The molecule has 3 rings (SSSR count). The number of piperidine rings is 1. The smallest absolute Gasteiger partial charge is 0.310 e. The molecule has 2 aliphatic rings. The van der Waals surface area contributed by atoms with Crippen LogP contribution in [-0.4, -0.2) is 47.6 Å². The number of benzene rings is 1. The zero-order valence-corrected chi connectivity index (χ0v) is 13.2. The Morgan fingerprint density at radius 2 is 2.09 bits per heavy atom. The van der Waals surface area contributed by atoms with E-state index in [1.807, 2.05) is 4.90 Å². The summed E-state index contributed by atoms with van der Waals surface area (Å²) in [5.74, 6) is -1.36. The van der Waals surface area contributed by atoms with Crippen molar-refractivity contribution in [1.82, 2.24) is 4.90 Å². The normalized spacial score (nSPS) is 29.0. The van der Waals surface area contributed by atoms with Gasteiger partial charge in [-0.05, 0) is 38.3 Å². The standard InChI is InChI=1S/C17H21FN2O3/c1-17(16(22)23)8-10-19(11-17)14-7-4-9-20(15(14)21)13-6-3-2-5-12(13)18/h2-3,5-6,14H,4,7-11H2,1H3,(H,22,23). The molecule has 0 aromatic heterocycles. The molecule has 2 atom stereocenters. The Labute approximate surface area is 134 Å². The lowest BCUT2D eigenvalue weighted by Crippen LogP contribution is -2.52. The number of carbonyl (C=O) groups is 2. The third-order valence-corrected chi connectivity index (χ3v) is 5.01. The molecular formula is C17H21FN2O3. The SMILES string of the molecule is CC1(C(=O)O)CCN(C2CCCN(c3ccccc3F)C2=O)C1. The van der Waals surface area contributed by atoms with Crippen LogP contribution in [0.25, 0.3) is 0 Å². The molecule has 1 N–H and O–H groups in total. The molecule has 0 saturated carbocycles. The van der Waals surface area contributed by atoms with Crippen molar-refractivity contribution in [2.75, 3.05) is 24.5 Å². The number of nitrogens with zero attached hydrogens (tertiary/aromatic N) is 2. The van der Waals surface area contributed by atoms with Gasteiger partial charge < -0.3 is 10.0 Å². The van der Waals surface area contributed by atoms with E-state index in [9.17, 15) is 19.1 Å². The van der Waals surface area contributed by atoms with Gasteiger partial charge in [-0.15, -0.1) is 0 Å². The van der Waals surface area contributed by atoms with E-state index in [2.05, 4.69) is 0 Å². The van der Waals surface area contributed by atoms with Crippen molar-refractivity contribution in [2.24, 2.45) is 5.41 Å². The lowest BCUT2D eigenvalue weighted by Gasteiger charge is -2.37. The fraction of sp³-hybridized carbons (Fsp3) is 0.529. The van der Waals surface area contributed by atoms with Crippen molar-refractivity contribution in [2.45, 2.75) is 32.2 Å². The van der Waals surface area contributed by atoms with Crippen LogP contribution in [0.1, 0.15) is 26.2 Å². The van der Waals surface area contributed by atoms with Crippen LogP contribution in [0.15, 0.2) is 24.3 Å². The highest BCUT2D eigenvalue weighted by atomic mass is 19.1. The van der Waals surface area contributed by atoms with E-state index in [0.29, 0.717) is 38.2 Å². The predicted octanol–water partition coefficient (Wildman–Crippen LogP) is 2.12. The summed E-state index contributed by atoms with van der Waals surface area (Å²) in [7, 11) is 0. The van der Waals surface area contributed by atoms with Gasteiger partial charge in [-0.25, -0.2) is 4.39 Å². The summed E-state index contributed by atoms with van der Waals surface area (Å²) < 4.78 is 14.0. The van der Waals surface area contributed by atoms with Crippen LogP contribution in [0.2, 0.25) is 0 Å². The molecule has 2 heterocycles. The number of hydrogen-bond acceptors (Lipinski definition) is 3. The van der Waals surface area contributed by atoms with Crippen LogP contribution in [0.3, 0.4) is 0 Å². The summed E-state index contributed by atoms with van der Waals surface area (Å²) in [6, 6.07) is 5.92. The van der Waals surface area contributed by atoms with Crippen molar-refractivity contribution in [3.05, 3.63) is 30.1 Å². The number of amides is 1. The Morgan fingerprint density at radius 1 is 1.35 bits per heavy atom. The average molecular weight is 320 g/mol. The Bertz CT molecular complexity index is 636. The highest BCUT2D eigenvalue weighted by Gasteiger charge is 2.45. The monoisotopic (exact) mass is 320 g/mol. The number of carboxylic acids is 1. The predicted molar refractivity (Wildman–Crippen MR) is 83.7 cm³/mol. The second-order valence-corrected chi connectivity index (χ2v) is 6.69. The molecule has 0 spiro atoms. The lowest BCUT2D eigenvalue weighted by molar-refractivity contribution is -0.147. The number of likely N-dealkylation sites (tertiary alicyclic amines) is 1. The highest BCUT2D eigenvalue weighted by Crippen LogP contribution is 2.34. The van der Waals surface area contributed by atoms with Gasteiger partial charge >= 0.3 is 5.97 Å². The van der Waals surface area contributed by atoms with Gasteiger partial charge in [-0.1, -0.05) is 12.1 Å². The number of rotatable bonds is 3. The Kier molecular flexibility index (Phi) is 4.10. The first-order chi connectivity index (χ1) is 10.9. The molecule has 23 heavy (non-hydrogen) atoms. The van der Waals surface area contributed by atoms with Crippen LogP contribution in [0, 0.1) is 11.2 Å². The minimum Gasteiger partial charge on any atom is -0.481 e. The first-order valence-electron chi connectivity index (χ1n) is 7.96. The van der Waals surface area contributed by atoms with Crippen LogP contribution in [-0.2, 0) is 9.59 Å². The molecule has 1 aromatic carbocycles. The number of carboxylic acid groups (broad SMARTS) is 1. The second-order valence-electron chi connectivity index (χ2n) is 6.69. The van der Waals surface area contributed by atoms with Crippen LogP contribution >= 0.6 is 0 Å². The molecule has 1 amide bonds. The molecule has 1 aromatic rings. The average Bonchev–Trinajstić information content (AvgIpc) is 2.92. The molecule has 5 nitrogen and oxygen atoms in total. The molecular weight excluding hydrogens is 299 g/mol. The van der Waals surface area contributed by atoms with E-state index < -0.39 is 17.2 Å². The van der Waals surface area contributed by atoms with E-state index in [1.54, 1.807) is 25.1 Å². The Balaban J connectivity index is 1.79. The van der Waals surface area contributed by atoms with Gasteiger partial charge in [-0.2, -0.15) is 0 Å². The molecule has 0 aliphatic carbocycles. The van der Waals surface area contributed by atoms with Gasteiger partial charge in [0.2, 0.25) is 5.91 Å². The number of hydrogen-bond donors (Lipinski definition) is 1. The zero-order chi connectivity index (χ0) is 16.6. The fourth-order valence-electron chi connectivity index (χ4n) is 3.54. The van der Waals surface area contributed by atoms with Gasteiger partial charge in [0.05, 0.1) is 17.1 Å². The van der Waals surface area contributed by atoms with Gasteiger partial charge in [0.25, 0.3) is 0 Å². The summed E-state index contributed by atoms with van der Waals surface area (Å²) in [6.07, 6.45) is 2.01. The van der Waals surface area contributed by atoms with Crippen LogP contribution in [0.4, 0.5) is 10.1 Å². The number of carbonyl (C=O) groups excluding carboxylic acids is 1. The van der Waals surface area contributed by atoms with Gasteiger partial charge in [0.15, 0.2) is 0 Å². The minimum atomic E-state index is -0.825. The van der Waals surface area contributed by atoms with E-state index in [0.717, 1.165) is 6.42 Å². The maximum absolute atomic E-state index is 14.0. The molecule has 0 bridgehead atoms. The van der Waals surface area contributed by atoms with Crippen molar-refractivity contribution in [3.8, 4) is 0 Å². The number of aliphatic carboxylic acids is 1. The third kappa shape index (κ3) is 2.83. The highest BCUT2D eigenvalue weighted by molar-refractivity contribution is 5.98. The summed E-state index contributed by atoms with van der Waals surface area (Å²) in [5.41, 5.74) is -0.497. The van der Waals surface area contributed by atoms with Gasteiger partial charge in [0, 0.05) is 19.6 Å². The van der Waals surface area contributed by atoms with E-state index in [-0.39, 0.29) is 11.9 Å². The first-order valence-corrected chi connectivity index (χ1v) is 7.96. The van der Waals surface area contributed by atoms with E-state index >= 15 is 0 Å². The maximum atomic E-state index is 14.0. The van der Waals surface area contributed by atoms with Gasteiger partial charge in [-0.3, -0.25) is 14.5 Å². The van der Waals surface area contributed by atoms with Crippen molar-refractivity contribution >= 4 is 17.6 Å². The van der Waals surface area contributed by atoms with Crippen LogP contribution in [0.5, 0.6) is 0 Å². The summed E-state index contributed by atoms with van der Waals surface area (Å²) in [6.45, 7) is 3.17. The van der Waals surface area contributed by atoms with Crippen LogP contribution < -0.4 is 4.90 Å². The maximum Gasteiger partial charge on any atom is 0.310 e. The summed E-state index contributed by atoms with van der Waals surface area (Å²) in [4.78, 5) is 27.7. The largest absolute Gasteiger partial charge is 0.481 e. The zero-order valence-electron chi connectivity index (χ0n) is 13.2. The molecule has 0 radical (unpaired) electrons. The summed E-state index contributed by atoms with van der Waals surface area (Å²) >= 11 is 0. The fourth-order valence-corrected chi connectivity index (χ4v) is 3.54. The first kappa shape index (κ1) is 15.9. The lowest BCUT2D eigenvalue weighted by atomic mass is 9.90. The Morgan fingerprint density at radius 3 is 2.74 bits per heavy atom. The summed E-state index contributed by atoms with van der Waals surface area (Å²) in [5, 5.41) is 9.35. The van der Waals surface area contributed by atoms with Crippen molar-refractivity contribution in [3.63, 3.8) is 0 Å². The van der Waals surface area contributed by atoms with E-state index in [4.69, 9.17) is 0 Å². The molecule has 2 aliphatic heterocycles. The topological polar surface area (TPSA) is 60.9 Å². The second kappa shape index (κ2) is 5.92. The number of anilines is 1. The quantitative estimate of drug-likeness (QED) is 0.927. The van der Waals surface area contributed by atoms with Gasteiger partial charge in [0.1, 0.15) is 5.82 Å². The minimum absolute atomic E-state index is 0.129. The molecule has 124 valence electrons.